The van der Waals surface area contributed by atoms with E-state index in [9.17, 15) is 23.1 Å². The minimum atomic E-state index is -3.57. The van der Waals surface area contributed by atoms with Crippen LogP contribution < -0.4 is 9.46 Å². The zero-order valence-electron chi connectivity index (χ0n) is 24.6. The molecule has 0 unspecified atom stereocenters. The van der Waals surface area contributed by atoms with Crippen molar-refractivity contribution in [2.75, 3.05) is 44.3 Å². The molecule has 41 heavy (non-hydrogen) atoms. The van der Waals surface area contributed by atoms with Gasteiger partial charge in [0.25, 0.3) is 11.8 Å². The molecule has 1 aliphatic rings. The lowest BCUT2D eigenvalue weighted by atomic mass is 10.0. The highest BCUT2D eigenvalue weighted by Gasteiger charge is 2.31. The molecule has 0 saturated carbocycles. The van der Waals surface area contributed by atoms with E-state index in [4.69, 9.17) is 9.47 Å². The van der Waals surface area contributed by atoms with Crippen molar-refractivity contribution >= 4 is 27.5 Å². The van der Waals surface area contributed by atoms with E-state index in [2.05, 4.69) is 4.72 Å². The van der Waals surface area contributed by atoms with Crippen LogP contribution in [-0.4, -0.2) is 93.0 Å². The van der Waals surface area contributed by atoms with E-state index in [0.29, 0.717) is 24.5 Å². The molecule has 226 valence electrons. The third kappa shape index (κ3) is 9.44. The molecule has 2 amide bonds. The summed E-state index contributed by atoms with van der Waals surface area (Å²) in [5.41, 5.74) is 1.02. The van der Waals surface area contributed by atoms with Crippen LogP contribution in [0.4, 0.5) is 5.69 Å². The third-order valence-electron chi connectivity index (χ3n) is 7.18. The highest BCUT2D eigenvalue weighted by Crippen LogP contribution is 2.29. The number of ether oxygens (including phenoxy) is 2. The third-order valence-corrected chi connectivity index (χ3v) is 7.78. The molecule has 0 aliphatic carbocycles. The number of benzene rings is 2. The van der Waals surface area contributed by atoms with Crippen LogP contribution in [-0.2, 0) is 14.8 Å². The number of carbonyl (C=O) groups excluding carboxylic acids is 2. The first-order valence-electron chi connectivity index (χ1n) is 14.0. The maximum absolute atomic E-state index is 14.1. The molecular formula is C30H43N3O7S. The standard InChI is InChI=1S/C30H43N3O7S/c1-21-18-33(22(2)20-34)30(36)26-17-25(31-41(5,37)38)14-15-27(26)40-23(3)11-9-10-16-39-28(21)19-32(4)29(35)24-12-7-6-8-13-24/h6-8,12-15,17,21-23,28,31,34H,9-11,16,18-20H2,1-5H3/t21-,22-,23+,28-/m0/s1. The smallest absolute Gasteiger partial charge is 0.258 e. The first kappa shape index (κ1) is 32.4. The van der Waals surface area contributed by atoms with Crippen LogP contribution in [0.3, 0.4) is 0 Å². The lowest BCUT2D eigenvalue weighted by molar-refractivity contribution is -0.0149. The first-order valence-corrected chi connectivity index (χ1v) is 15.9. The second-order valence-corrected chi connectivity index (χ2v) is 12.7. The highest BCUT2D eigenvalue weighted by atomic mass is 32.2. The number of amides is 2. The molecule has 10 nitrogen and oxygen atoms in total. The van der Waals surface area contributed by atoms with Crippen molar-refractivity contribution in [3.05, 3.63) is 59.7 Å². The number of nitrogens with zero attached hydrogens (tertiary/aromatic N) is 2. The van der Waals surface area contributed by atoms with Crippen LogP contribution in [0.5, 0.6) is 5.75 Å². The molecule has 1 aliphatic heterocycles. The van der Waals surface area contributed by atoms with Crippen molar-refractivity contribution in [2.24, 2.45) is 5.92 Å². The maximum Gasteiger partial charge on any atom is 0.258 e. The van der Waals surface area contributed by atoms with Crippen molar-refractivity contribution in [3.63, 3.8) is 0 Å². The number of hydrogen-bond donors (Lipinski definition) is 2. The van der Waals surface area contributed by atoms with Crippen LogP contribution in [0.25, 0.3) is 0 Å². The summed E-state index contributed by atoms with van der Waals surface area (Å²) < 4.78 is 38.7. The summed E-state index contributed by atoms with van der Waals surface area (Å²) in [4.78, 5) is 30.3. The Balaban J connectivity index is 1.95. The number of likely N-dealkylation sites (N-methyl/N-ethyl adjacent to an activating group) is 1. The predicted octanol–water partition coefficient (Wildman–Crippen LogP) is 3.63. The average molecular weight is 590 g/mol. The summed E-state index contributed by atoms with van der Waals surface area (Å²) >= 11 is 0. The first-order chi connectivity index (χ1) is 19.4. The molecule has 0 spiro atoms. The SMILES string of the molecule is C[C@@H]1CCCCO[C@@H](CN(C)C(=O)c2ccccc2)[C@@H](C)CN([C@@H](C)CO)C(=O)c2cc(NS(C)(=O)=O)ccc2O1. The van der Waals surface area contributed by atoms with Gasteiger partial charge in [-0.25, -0.2) is 8.42 Å². The number of hydrogen-bond acceptors (Lipinski definition) is 7. The zero-order chi connectivity index (χ0) is 30.2. The van der Waals surface area contributed by atoms with Crippen LogP contribution in [0.1, 0.15) is 60.7 Å². The van der Waals surface area contributed by atoms with Gasteiger partial charge in [-0.15, -0.1) is 0 Å². The van der Waals surface area contributed by atoms with Crippen molar-refractivity contribution in [3.8, 4) is 5.75 Å². The van der Waals surface area contributed by atoms with Crippen LogP contribution in [0.15, 0.2) is 48.5 Å². The van der Waals surface area contributed by atoms with Gasteiger partial charge < -0.3 is 24.4 Å². The van der Waals surface area contributed by atoms with Gasteiger partial charge in [-0.3, -0.25) is 14.3 Å². The van der Waals surface area contributed by atoms with E-state index in [0.717, 1.165) is 25.5 Å². The number of carbonyl (C=O) groups is 2. The summed E-state index contributed by atoms with van der Waals surface area (Å²) in [6.45, 7) is 6.41. The lowest BCUT2D eigenvalue weighted by Gasteiger charge is -2.36. The number of aliphatic hydroxyl groups is 1. The quantitative estimate of drug-likeness (QED) is 0.505. The number of sulfonamides is 1. The Hall–Kier alpha value is -3.15. The van der Waals surface area contributed by atoms with Crippen molar-refractivity contribution in [2.45, 2.75) is 58.3 Å². The summed E-state index contributed by atoms with van der Waals surface area (Å²) in [7, 11) is -1.84. The van der Waals surface area contributed by atoms with Gasteiger partial charge in [0.2, 0.25) is 10.0 Å². The summed E-state index contributed by atoms with van der Waals surface area (Å²) in [5.74, 6) is -0.379. The highest BCUT2D eigenvalue weighted by molar-refractivity contribution is 7.92. The molecule has 3 rings (SSSR count). The maximum atomic E-state index is 14.1. The van der Waals surface area contributed by atoms with E-state index >= 15 is 0 Å². The fraction of sp³-hybridized carbons (Fsp3) is 0.533. The van der Waals surface area contributed by atoms with Gasteiger partial charge in [0.05, 0.1) is 36.7 Å². The molecule has 2 aromatic carbocycles. The normalized spacial score (nSPS) is 21.7. The number of rotatable bonds is 7. The topological polar surface area (TPSA) is 125 Å². The van der Waals surface area contributed by atoms with E-state index in [1.165, 1.54) is 6.07 Å². The van der Waals surface area contributed by atoms with Gasteiger partial charge in [-0.1, -0.05) is 25.1 Å². The van der Waals surface area contributed by atoms with Gasteiger partial charge in [0, 0.05) is 43.9 Å². The van der Waals surface area contributed by atoms with E-state index in [-0.39, 0.29) is 48.4 Å². The Kier molecular flexibility index (Phi) is 11.6. The molecular weight excluding hydrogens is 546 g/mol. The molecule has 1 heterocycles. The van der Waals surface area contributed by atoms with Gasteiger partial charge in [-0.2, -0.15) is 0 Å². The molecule has 0 bridgehead atoms. The van der Waals surface area contributed by atoms with E-state index < -0.39 is 22.0 Å². The molecule has 0 radical (unpaired) electrons. The van der Waals surface area contributed by atoms with Crippen molar-refractivity contribution < 1.29 is 32.6 Å². The number of anilines is 1. The van der Waals surface area contributed by atoms with Gasteiger partial charge in [0.1, 0.15) is 5.75 Å². The molecule has 0 aromatic heterocycles. The lowest BCUT2D eigenvalue weighted by Crippen LogP contribution is -2.48. The molecule has 4 atom stereocenters. The predicted molar refractivity (Wildman–Crippen MR) is 159 cm³/mol. The molecule has 0 fully saturated rings. The largest absolute Gasteiger partial charge is 0.490 e. The van der Waals surface area contributed by atoms with Gasteiger partial charge >= 0.3 is 0 Å². The second kappa shape index (κ2) is 14.7. The second-order valence-electron chi connectivity index (χ2n) is 10.9. The van der Waals surface area contributed by atoms with Crippen LogP contribution in [0.2, 0.25) is 0 Å². The fourth-order valence-corrected chi connectivity index (χ4v) is 5.37. The summed E-state index contributed by atoms with van der Waals surface area (Å²) in [6.07, 6.45) is 2.83. The van der Waals surface area contributed by atoms with E-state index in [1.807, 2.05) is 32.0 Å². The average Bonchev–Trinajstić information content (AvgIpc) is 2.93. The Labute approximate surface area is 243 Å². The molecule has 2 aromatic rings. The van der Waals surface area contributed by atoms with Gasteiger partial charge in [0.15, 0.2) is 0 Å². The van der Waals surface area contributed by atoms with E-state index in [1.54, 1.807) is 48.0 Å². The van der Waals surface area contributed by atoms with Crippen LogP contribution >= 0.6 is 0 Å². The van der Waals surface area contributed by atoms with Crippen molar-refractivity contribution in [1.82, 2.24) is 9.80 Å². The Bertz CT molecular complexity index is 1270. The van der Waals surface area contributed by atoms with Crippen molar-refractivity contribution in [1.29, 1.82) is 0 Å². The molecule has 11 heteroatoms. The Morgan fingerprint density at radius 2 is 1.88 bits per heavy atom. The molecule has 0 saturated heterocycles. The number of nitrogens with one attached hydrogen (secondary N) is 1. The van der Waals surface area contributed by atoms with Gasteiger partial charge in [-0.05, 0) is 63.4 Å². The summed E-state index contributed by atoms with van der Waals surface area (Å²) in [5, 5.41) is 10.1. The summed E-state index contributed by atoms with van der Waals surface area (Å²) in [6, 6.07) is 13.1. The molecule has 2 N–H and O–H groups in total. The number of aliphatic hydroxyl groups excluding tert-OH is 1. The fourth-order valence-electron chi connectivity index (χ4n) is 4.82. The van der Waals surface area contributed by atoms with Crippen LogP contribution in [0, 0.1) is 5.92 Å². The zero-order valence-corrected chi connectivity index (χ0v) is 25.4. The monoisotopic (exact) mass is 589 g/mol. The minimum absolute atomic E-state index is 0.122. The number of fused-ring (bicyclic) bond motifs is 1. The minimum Gasteiger partial charge on any atom is -0.490 e. The Morgan fingerprint density at radius 1 is 1.17 bits per heavy atom. The Morgan fingerprint density at radius 3 is 2.54 bits per heavy atom.